The van der Waals surface area contributed by atoms with Gasteiger partial charge in [-0.15, -0.1) is 0 Å². The maximum Gasteiger partial charge on any atom is 0.216 e. The van der Waals surface area contributed by atoms with Crippen LogP contribution in [-0.2, 0) is 9.59 Å². The van der Waals surface area contributed by atoms with Gasteiger partial charge >= 0.3 is 0 Å². The van der Waals surface area contributed by atoms with Gasteiger partial charge in [0, 0.05) is 19.9 Å². The molecule has 0 aliphatic heterocycles. The van der Waals surface area contributed by atoms with Crippen molar-refractivity contribution in [2.75, 3.05) is 6.54 Å². The first-order chi connectivity index (χ1) is 7.73. The fraction of sp³-hybridized carbons (Fsp3) is 0.857. The van der Waals surface area contributed by atoms with Crippen LogP contribution in [0.15, 0.2) is 0 Å². The molecule has 0 bridgehead atoms. The topological polar surface area (TPSA) is 46.2 Å². The largest absolute Gasteiger partial charge is 0.356 e. The zero-order valence-corrected chi connectivity index (χ0v) is 11.9. The van der Waals surface area contributed by atoms with Crippen LogP contribution in [0, 0.1) is 11.3 Å². The summed E-state index contributed by atoms with van der Waals surface area (Å²) in [6, 6.07) is 0. The van der Waals surface area contributed by atoms with E-state index >= 15 is 0 Å². The van der Waals surface area contributed by atoms with E-state index < -0.39 is 0 Å². The maximum atomic E-state index is 10.9. The molecule has 0 aliphatic rings. The summed E-state index contributed by atoms with van der Waals surface area (Å²) in [5.74, 6) is 0.898. The molecule has 0 aromatic carbocycles. The second kappa shape index (κ2) is 7.46. The first-order valence-corrected chi connectivity index (χ1v) is 6.47. The SMILES string of the molecule is CC(=O)CCCC(C)CC(C)(C)CNC(C)=O. The molecule has 0 saturated heterocycles. The van der Waals surface area contributed by atoms with Crippen LogP contribution in [-0.4, -0.2) is 18.2 Å². The average molecular weight is 241 g/mol. The van der Waals surface area contributed by atoms with Crippen molar-refractivity contribution in [3.63, 3.8) is 0 Å². The van der Waals surface area contributed by atoms with Crippen LogP contribution in [0.3, 0.4) is 0 Å². The number of Topliss-reactive ketones (excluding diaryl/α,β-unsaturated/α-hetero) is 1. The van der Waals surface area contributed by atoms with Gasteiger partial charge in [-0.1, -0.05) is 27.2 Å². The number of amides is 1. The molecule has 0 saturated carbocycles. The van der Waals surface area contributed by atoms with Crippen molar-refractivity contribution >= 4 is 11.7 Å². The van der Waals surface area contributed by atoms with E-state index in [1.807, 2.05) is 0 Å². The zero-order valence-electron chi connectivity index (χ0n) is 11.9. The molecular weight excluding hydrogens is 214 g/mol. The smallest absolute Gasteiger partial charge is 0.216 e. The maximum absolute atomic E-state index is 10.9. The minimum atomic E-state index is 0.0299. The standard InChI is InChI=1S/C14H27NO2/c1-11(7-6-8-12(2)16)9-14(4,5)10-15-13(3)17/h11H,6-10H2,1-5H3,(H,15,17). The Balaban J connectivity index is 3.87. The molecule has 0 aromatic heterocycles. The molecule has 1 unspecified atom stereocenters. The van der Waals surface area contributed by atoms with Crippen LogP contribution >= 0.6 is 0 Å². The second-order valence-electron chi connectivity index (χ2n) is 5.98. The Morgan fingerprint density at radius 1 is 1.24 bits per heavy atom. The Morgan fingerprint density at radius 2 is 1.82 bits per heavy atom. The molecule has 1 amide bonds. The molecular formula is C14H27NO2. The molecule has 0 heterocycles. The van der Waals surface area contributed by atoms with E-state index in [1.165, 1.54) is 0 Å². The number of nitrogens with one attached hydrogen (secondary N) is 1. The number of ketones is 1. The Labute approximate surface area is 105 Å². The van der Waals surface area contributed by atoms with E-state index in [1.54, 1.807) is 13.8 Å². The van der Waals surface area contributed by atoms with Gasteiger partial charge in [-0.3, -0.25) is 4.79 Å². The lowest BCUT2D eigenvalue weighted by Crippen LogP contribution is -2.33. The number of hydrogen-bond donors (Lipinski definition) is 1. The summed E-state index contributed by atoms with van der Waals surface area (Å²) >= 11 is 0. The van der Waals surface area contributed by atoms with Gasteiger partial charge in [0.15, 0.2) is 0 Å². The quantitative estimate of drug-likeness (QED) is 0.710. The average Bonchev–Trinajstić information content (AvgIpc) is 2.13. The fourth-order valence-corrected chi connectivity index (χ4v) is 2.18. The van der Waals surface area contributed by atoms with Crippen molar-refractivity contribution in [3.8, 4) is 0 Å². The van der Waals surface area contributed by atoms with Crippen LogP contribution in [0.25, 0.3) is 0 Å². The lowest BCUT2D eigenvalue weighted by atomic mass is 9.81. The van der Waals surface area contributed by atoms with Crippen molar-refractivity contribution in [1.29, 1.82) is 0 Å². The van der Waals surface area contributed by atoms with Crippen molar-refractivity contribution in [1.82, 2.24) is 5.32 Å². The van der Waals surface area contributed by atoms with Gasteiger partial charge in [0.05, 0.1) is 0 Å². The van der Waals surface area contributed by atoms with Crippen molar-refractivity contribution in [3.05, 3.63) is 0 Å². The van der Waals surface area contributed by atoms with Gasteiger partial charge in [-0.25, -0.2) is 0 Å². The Kier molecular flexibility index (Phi) is 7.09. The number of rotatable bonds is 8. The predicted octanol–water partition coefficient (Wildman–Crippen LogP) is 2.93. The van der Waals surface area contributed by atoms with E-state index in [2.05, 4.69) is 26.1 Å². The third kappa shape index (κ3) is 10.0. The predicted molar refractivity (Wildman–Crippen MR) is 70.8 cm³/mol. The highest BCUT2D eigenvalue weighted by molar-refractivity contribution is 5.75. The molecule has 3 heteroatoms. The molecule has 0 rings (SSSR count). The number of carbonyl (C=O) groups excluding carboxylic acids is 2. The number of hydrogen-bond acceptors (Lipinski definition) is 2. The van der Waals surface area contributed by atoms with E-state index in [-0.39, 0.29) is 17.1 Å². The third-order valence-corrected chi connectivity index (χ3v) is 2.94. The normalized spacial score (nSPS) is 13.2. The van der Waals surface area contributed by atoms with E-state index in [0.29, 0.717) is 12.3 Å². The number of carbonyl (C=O) groups is 2. The first kappa shape index (κ1) is 16.1. The van der Waals surface area contributed by atoms with Gasteiger partial charge in [-0.2, -0.15) is 0 Å². The van der Waals surface area contributed by atoms with Gasteiger partial charge in [0.1, 0.15) is 5.78 Å². The van der Waals surface area contributed by atoms with E-state index in [9.17, 15) is 9.59 Å². The van der Waals surface area contributed by atoms with Crippen LogP contribution in [0.4, 0.5) is 0 Å². The molecule has 3 nitrogen and oxygen atoms in total. The van der Waals surface area contributed by atoms with Crippen molar-refractivity contribution < 1.29 is 9.59 Å². The Hall–Kier alpha value is -0.860. The Bertz CT molecular complexity index is 259. The van der Waals surface area contributed by atoms with Crippen LogP contribution < -0.4 is 5.32 Å². The molecule has 1 N–H and O–H groups in total. The Morgan fingerprint density at radius 3 is 2.29 bits per heavy atom. The minimum absolute atomic E-state index is 0.0299. The molecule has 0 radical (unpaired) electrons. The highest BCUT2D eigenvalue weighted by atomic mass is 16.1. The van der Waals surface area contributed by atoms with E-state index in [0.717, 1.165) is 25.8 Å². The summed E-state index contributed by atoms with van der Waals surface area (Å²) in [5.41, 5.74) is 0.126. The van der Waals surface area contributed by atoms with Crippen LogP contribution in [0.1, 0.15) is 60.3 Å². The highest BCUT2D eigenvalue weighted by Crippen LogP contribution is 2.27. The lowest BCUT2D eigenvalue weighted by Gasteiger charge is -2.28. The van der Waals surface area contributed by atoms with Crippen molar-refractivity contribution in [2.24, 2.45) is 11.3 Å². The van der Waals surface area contributed by atoms with Gasteiger partial charge in [0.2, 0.25) is 5.91 Å². The summed E-state index contributed by atoms with van der Waals surface area (Å²) in [6.07, 6.45) is 3.83. The zero-order chi connectivity index (χ0) is 13.5. The molecule has 100 valence electrons. The molecule has 0 aromatic rings. The summed E-state index contributed by atoms with van der Waals surface area (Å²) in [5, 5.41) is 2.87. The van der Waals surface area contributed by atoms with Gasteiger partial charge < -0.3 is 10.1 Å². The van der Waals surface area contributed by atoms with Crippen molar-refractivity contribution in [2.45, 2.75) is 60.3 Å². The van der Waals surface area contributed by atoms with Crippen LogP contribution in [0.5, 0.6) is 0 Å². The summed E-state index contributed by atoms with van der Waals surface area (Å²) in [4.78, 5) is 21.7. The van der Waals surface area contributed by atoms with E-state index in [4.69, 9.17) is 0 Å². The summed E-state index contributed by atoms with van der Waals surface area (Å²) in [6.45, 7) is 10.5. The molecule has 0 spiro atoms. The highest BCUT2D eigenvalue weighted by Gasteiger charge is 2.21. The lowest BCUT2D eigenvalue weighted by molar-refractivity contribution is -0.119. The monoisotopic (exact) mass is 241 g/mol. The first-order valence-electron chi connectivity index (χ1n) is 6.47. The van der Waals surface area contributed by atoms with Crippen LogP contribution in [0.2, 0.25) is 0 Å². The third-order valence-electron chi connectivity index (χ3n) is 2.94. The summed E-state index contributed by atoms with van der Waals surface area (Å²) in [7, 11) is 0. The van der Waals surface area contributed by atoms with Gasteiger partial charge in [0.25, 0.3) is 0 Å². The summed E-state index contributed by atoms with van der Waals surface area (Å²) < 4.78 is 0. The minimum Gasteiger partial charge on any atom is -0.356 e. The van der Waals surface area contributed by atoms with Gasteiger partial charge in [-0.05, 0) is 31.1 Å². The second-order valence-corrected chi connectivity index (χ2v) is 5.98. The molecule has 0 fully saturated rings. The molecule has 0 aliphatic carbocycles. The fourth-order valence-electron chi connectivity index (χ4n) is 2.18. The molecule has 17 heavy (non-hydrogen) atoms. The molecule has 1 atom stereocenters.